The van der Waals surface area contributed by atoms with Gasteiger partial charge in [0, 0.05) is 19.7 Å². The molecule has 1 N–H and O–H groups in total. The van der Waals surface area contributed by atoms with E-state index in [0.717, 1.165) is 10.7 Å². The summed E-state index contributed by atoms with van der Waals surface area (Å²) in [5.74, 6) is -0.589. The second kappa shape index (κ2) is 10.9. The van der Waals surface area contributed by atoms with Crippen LogP contribution in [0.2, 0.25) is 0 Å². The Morgan fingerprint density at radius 2 is 1.86 bits per heavy atom. The minimum absolute atomic E-state index is 0.123. The van der Waals surface area contributed by atoms with E-state index in [2.05, 4.69) is 10.4 Å². The van der Waals surface area contributed by atoms with Crippen molar-refractivity contribution in [1.82, 2.24) is 15.1 Å². The predicted molar refractivity (Wildman–Crippen MR) is 78.1 cm³/mol. The molecule has 0 radical (unpaired) electrons. The summed E-state index contributed by atoms with van der Waals surface area (Å²) in [7, 11) is 1.29. The normalized spacial score (nSPS) is 10.3. The summed E-state index contributed by atoms with van der Waals surface area (Å²) in [5.41, 5.74) is -1.20. The summed E-state index contributed by atoms with van der Waals surface area (Å²) < 4.78 is 37.9. The Kier molecular flexibility index (Phi) is 11.2. The third-order valence-electron chi connectivity index (χ3n) is 2.02. The van der Waals surface area contributed by atoms with Crippen molar-refractivity contribution in [2.45, 2.75) is 40.8 Å². The summed E-state index contributed by atoms with van der Waals surface area (Å²) in [6.07, 6.45) is -1.14. The van der Waals surface area contributed by atoms with Gasteiger partial charge in [-0.15, -0.1) is 0 Å². The zero-order valence-corrected chi connectivity index (χ0v) is 13.4. The number of allylic oxidation sites excluding steroid dienone is 1. The number of nitrogens with zero attached hydrogens (tertiary/aromatic N) is 2. The van der Waals surface area contributed by atoms with Gasteiger partial charge in [0.1, 0.15) is 5.69 Å². The van der Waals surface area contributed by atoms with E-state index in [1.165, 1.54) is 7.05 Å². The average Bonchev–Trinajstić information content (AvgIpc) is 2.86. The van der Waals surface area contributed by atoms with E-state index in [1.54, 1.807) is 19.1 Å². The first-order valence-electron chi connectivity index (χ1n) is 6.87. The Morgan fingerprint density at radius 1 is 1.33 bits per heavy atom. The molecule has 0 aliphatic heterocycles. The molecule has 1 aromatic rings. The molecule has 1 aromatic heterocycles. The van der Waals surface area contributed by atoms with Gasteiger partial charge in [0.25, 0.3) is 5.91 Å². The van der Waals surface area contributed by atoms with Crippen LogP contribution in [-0.2, 0) is 13.2 Å². The third kappa shape index (κ3) is 7.53. The van der Waals surface area contributed by atoms with Crippen LogP contribution in [0, 0.1) is 0 Å². The molecule has 7 heteroatoms. The van der Waals surface area contributed by atoms with Crippen molar-refractivity contribution in [3.8, 4) is 0 Å². The first-order chi connectivity index (χ1) is 9.86. The number of rotatable bonds is 3. The number of carbonyl (C=O) groups is 1. The molecule has 1 rings (SSSR count). The monoisotopic (exact) mass is 307 g/mol. The Balaban J connectivity index is 0. The molecule has 0 aliphatic carbocycles. The van der Waals surface area contributed by atoms with E-state index in [0.29, 0.717) is 0 Å². The van der Waals surface area contributed by atoms with Crippen LogP contribution in [0.3, 0.4) is 0 Å². The van der Waals surface area contributed by atoms with Gasteiger partial charge in [-0.25, -0.2) is 0 Å². The first-order valence-corrected chi connectivity index (χ1v) is 6.87. The van der Waals surface area contributed by atoms with Crippen LogP contribution in [0.25, 0.3) is 0 Å². The topological polar surface area (TPSA) is 46.9 Å². The highest BCUT2D eigenvalue weighted by atomic mass is 19.4. The van der Waals surface area contributed by atoms with Crippen molar-refractivity contribution < 1.29 is 18.0 Å². The molecule has 0 aliphatic rings. The van der Waals surface area contributed by atoms with E-state index in [9.17, 15) is 18.0 Å². The number of halogens is 3. The molecule has 0 unspecified atom stereocenters. The molecule has 0 fully saturated rings. The van der Waals surface area contributed by atoms with E-state index in [4.69, 9.17) is 0 Å². The van der Waals surface area contributed by atoms with Crippen LogP contribution in [-0.4, -0.2) is 22.2 Å². The first kappa shape index (κ1) is 21.5. The molecule has 0 saturated carbocycles. The summed E-state index contributed by atoms with van der Waals surface area (Å²) in [6, 6.07) is 0.727. The average molecular weight is 307 g/mol. The highest BCUT2D eigenvalue weighted by Gasteiger charge is 2.35. The van der Waals surface area contributed by atoms with Crippen molar-refractivity contribution in [2.24, 2.45) is 7.05 Å². The van der Waals surface area contributed by atoms with Gasteiger partial charge in [-0.1, -0.05) is 39.8 Å². The van der Waals surface area contributed by atoms with Crippen molar-refractivity contribution in [1.29, 1.82) is 0 Å². The molecule has 0 saturated heterocycles. The van der Waals surface area contributed by atoms with Crippen molar-refractivity contribution in [3.63, 3.8) is 0 Å². The van der Waals surface area contributed by atoms with Crippen LogP contribution in [0.1, 0.15) is 50.8 Å². The largest absolute Gasteiger partial charge is 0.435 e. The van der Waals surface area contributed by atoms with Crippen LogP contribution < -0.4 is 5.32 Å². The SMILES string of the molecule is C/C=C/CNC(=O)c1cc(C(F)(F)F)nn1C.CC.CC. The molecule has 0 aromatic carbocycles. The van der Waals surface area contributed by atoms with Gasteiger partial charge in [0.15, 0.2) is 5.69 Å². The maximum atomic E-state index is 12.3. The molecule has 1 amide bonds. The van der Waals surface area contributed by atoms with E-state index >= 15 is 0 Å². The summed E-state index contributed by atoms with van der Waals surface area (Å²) in [6.45, 7) is 10.0. The second-order valence-electron chi connectivity index (χ2n) is 3.32. The Bertz CT molecular complexity index is 437. The molecular weight excluding hydrogens is 283 g/mol. The Hall–Kier alpha value is -1.79. The van der Waals surface area contributed by atoms with Crippen LogP contribution in [0.5, 0.6) is 0 Å². The fourth-order valence-corrected chi connectivity index (χ4v) is 1.18. The molecule has 4 nitrogen and oxygen atoms in total. The predicted octanol–water partition coefficient (Wildman–Crippen LogP) is 3.80. The van der Waals surface area contributed by atoms with Gasteiger partial charge in [0.2, 0.25) is 0 Å². The van der Waals surface area contributed by atoms with E-state index < -0.39 is 17.8 Å². The summed E-state index contributed by atoms with van der Waals surface area (Å²) >= 11 is 0. The van der Waals surface area contributed by atoms with Gasteiger partial charge < -0.3 is 5.32 Å². The highest BCUT2D eigenvalue weighted by Crippen LogP contribution is 2.28. The molecule has 122 valence electrons. The second-order valence-corrected chi connectivity index (χ2v) is 3.32. The molecule has 0 spiro atoms. The maximum Gasteiger partial charge on any atom is 0.435 e. The van der Waals surface area contributed by atoms with Gasteiger partial charge in [0.05, 0.1) is 0 Å². The van der Waals surface area contributed by atoms with Crippen LogP contribution >= 0.6 is 0 Å². The molecule has 21 heavy (non-hydrogen) atoms. The number of carbonyl (C=O) groups excluding carboxylic acids is 1. The quantitative estimate of drug-likeness (QED) is 0.863. The van der Waals surface area contributed by atoms with Crippen molar-refractivity contribution in [3.05, 3.63) is 29.6 Å². The van der Waals surface area contributed by atoms with Crippen molar-refractivity contribution >= 4 is 5.91 Å². The number of amides is 1. The molecular formula is C14H24F3N3O. The van der Waals surface area contributed by atoms with Gasteiger partial charge in [-0.2, -0.15) is 18.3 Å². The molecule has 0 bridgehead atoms. The third-order valence-corrected chi connectivity index (χ3v) is 2.02. The molecule has 0 atom stereocenters. The van der Waals surface area contributed by atoms with Crippen molar-refractivity contribution in [2.75, 3.05) is 6.54 Å². The zero-order chi connectivity index (χ0) is 17.1. The fraction of sp³-hybridized carbons (Fsp3) is 0.571. The number of hydrogen-bond donors (Lipinski definition) is 1. The molecule has 1 heterocycles. The summed E-state index contributed by atoms with van der Waals surface area (Å²) in [5, 5.41) is 5.70. The minimum atomic E-state index is -4.54. The summed E-state index contributed by atoms with van der Waals surface area (Å²) in [4.78, 5) is 11.5. The Labute approximate surface area is 124 Å². The van der Waals surface area contributed by atoms with Gasteiger partial charge in [-0.05, 0) is 6.92 Å². The van der Waals surface area contributed by atoms with Crippen LogP contribution in [0.4, 0.5) is 13.2 Å². The van der Waals surface area contributed by atoms with Gasteiger partial charge >= 0.3 is 6.18 Å². The lowest BCUT2D eigenvalue weighted by Gasteiger charge is -2.01. The zero-order valence-electron chi connectivity index (χ0n) is 13.4. The standard InChI is InChI=1S/C10H12F3N3O.2C2H6/c1-3-4-5-14-9(17)7-6-8(10(11,12)13)15-16(7)2;2*1-2/h3-4,6H,5H2,1-2H3,(H,14,17);2*1-2H3/b4-3+;;. The van der Waals surface area contributed by atoms with E-state index in [-0.39, 0.29) is 12.2 Å². The van der Waals surface area contributed by atoms with Crippen LogP contribution in [0.15, 0.2) is 18.2 Å². The number of nitrogens with one attached hydrogen (secondary N) is 1. The Morgan fingerprint density at radius 3 is 2.24 bits per heavy atom. The van der Waals surface area contributed by atoms with Gasteiger partial charge in [-0.3, -0.25) is 9.48 Å². The smallest absolute Gasteiger partial charge is 0.347 e. The number of aromatic nitrogens is 2. The minimum Gasteiger partial charge on any atom is -0.347 e. The highest BCUT2D eigenvalue weighted by molar-refractivity contribution is 5.92. The maximum absolute atomic E-state index is 12.3. The number of aryl methyl sites for hydroxylation is 1. The van der Waals surface area contributed by atoms with E-state index in [1.807, 2.05) is 27.7 Å². The lowest BCUT2D eigenvalue weighted by Crippen LogP contribution is -2.25. The lowest BCUT2D eigenvalue weighted by atomic mass is 10.3. The lowest BCUT2D eigenvalue weighted by molar-refractivity contribution is -0.141. The fourth-order valence-electron chi connectivity index (χ4n) is 1.18. The number of hydrogen-bond acceptors (Lipinski definition) is 2. The number of alkyl halides is 3.